The van der Waals surface area contributed by atoms with Crippen LogP contribution in [0.2, 0.25) is 0 Å². The molecule has 0 unspecified atom stereocenters. The summed E-state index contributed by atoms with van der Waals surface area (Å²) in [6.07, 6.45) is 5.17. The van der Waals surface area contributed by atoms with E-state index in [9.17, 15) is 10.1 Å². The normalized spacial score (nSPS) is 16.5. The van der Waals surface area contributed by atoms with Gasteiger partial charge in [0.2, 0.25) is 0 Å². The van der Waals surface area contributed by atoms with Gasteiger partial charge in [0.25, 0.3) is 0 Å². The molecule has 0 aliphatic carbocycles. The van der Waals surface area contributed by atoms with Crippen molar-refractivity contribution >= 4 is 11.4 Å². The van der Waals surface area contributed by atoms with E-state index in [0.29, 0.717) is 11.6 Å². The lowest BCUT2D eigenvalue weighted by atomic mass is 9.97. The van der Waals surface area contributed by atoms with Gasteiger partial charge >= 0.3 is 5.69 Å². The summed E-state index contributed by atoms with van der Waals surface area (Å²) in [5.41, 5.74) is 0.725. The van der Waals surface area contributed by atoms with Gasteiger partial charge in [0.15, 0.2) is 0 Å². The highest BCUT2D eigenvalue weighted by Crippen LogP contribution is 2.27. The average molecular weight is 250 g/mol. The lowest BCUT2D eigenvalue weighted by Gasteiger charge is -2.28. The fourth-order valence-electron chi connectivity index (χ4n) is 2.39. The number of anilines is 1. The van der Waals surface area contributed by atoms with E-state index in [1.165, 1.54) is 6.20 Å². The van der Waals surface area contributed by atoms with Crippen molar-refractivity contribution in [1.29, 1.82) is 0 Å². The van der Waals surface area contributed by atoms with Gasteiger partial charge in [-0.25, -0.2) is 0 Å². The molecule has 1 aliphatic heterocycles. The molecule has 1 aromatic heterocycles. The maximum absolute atomic E-state index is 10.9. The molecule has 1 saturated heterocycles. The van der Waals surface area contributed by atoms with E-state index in [1.807, 2.05) is 11.9 Å². The average Bonchev–Trinajstić information content (AvgIpc) is 2.40. The summed E-state index contributed by atoms with van der Waals surface area (Å²) in [7, 11) is 1.91. The molecule has 0 amide bonds. The molecule has 18 heavy (non-hydrogen) atoms. The maximum Gasteiger partial charge on any atom is 0.310 e. The molecule has 0 radical (unpaired) electrons. The van der Waals surface area contributed by atoms with Crippen LogP contribution in [0, 0.1) is 16.0 Å². The summed E-state index contributed by atoms with van der Waals surface area (Å²) in [5, 5.41) is 14.3. The van der Waals surface area contributed by atoms with E-state index in [2.05, 4.69) is 10.3 Å². The molecule has 1 fully saturated rings. The molecule has 98 valence electrons. The maximum atomic E-state index is 10.9. The lowest BCUT2D eigenvalue weighted by Crippen LogP contribution is -2.34. The minimum atomic E-state index is -0.374. The number of nitrogens with one attached hydrogen (secondary N) is 1. The van der Waals surface area contributed by atoms with Crippen molar-refractivity contribution in [2.75, 3.05) is 31.6 Å². The standard InChI is InChI=1S/C12H18N4O2/c1-15(9-10-2-5-13-6-3-10)11-4-7-14-8-12(11)16(17)18/h4,7-8,10,13H,2-3,5-6,9H2,1H3. The third-order valence-electron chi connectivity index (χ3n) is 3.38. The van der Waals surface area contributed by atoms with Gasteiger partial charge in [0, 0.05) is 19.8 Å². The first-order valence-corrected chi connectivity index (χ1v) is 6.18. The largest absolute Gasteiger partial charge is 0.369 e. The third-order valence-corrected chi connectivity index (χ3v) is 3.38. The van der Waals surface area contributed by atoms with Crippen LogP contribution in [0.4, 0.5) is 11.4 Å². The number of nitrogens with zero attached hydrogens (tertiary/aromatic N) is 3. The molecule has 0 atom stereocenters. The van der Waals surface area contributed by atoms with Crippen LogP contribution in [-0.2, 0) is 0 Å². The Hall–Kier alpha value is -1.69. The quantitative estimate of drug-likeness (QED) is 0.646. The molecular weight excluding hydrogens is 232 g/mol. The molecule has 0 spiro atoms. The van der Waals surface area contributed by atoms with Gasteiger partial charge in [-0.3, -0.25) is 15.1 Å². The minimum Gasteiger partial charge on any atom is -0.369 e. The summed E-state index contributed by atoms with van der Waals surface area (Å²) in [5.74, 6) is 0.601. The topological polar surface area (TPSA) is 71.3 Å². The van der Waals surface area contributed by atoms with Gasteiger partial charge in [-0.1, -0.05) is 0 Å². The number of aromatic nitrogens is 1. The first-order valence-electron chi connectivity index (χ1n) is 6.18. The van der Waals surface area contributed by atoms with E-state index < -0.39 is 0 Å². The molecule has 2 rings (SSSR count). The number of piperidine rings is 1. The summed E-state index contributed by atoms with van der Waals surface area (Å²) in [6.45, 7) is 2.93. The molecule has 1 N–H and O–H groups in total. The van der Waals surface area contributed by atoms with Crippen LogP contribution in [0.25, 0.3) is 0 Å². The molecule has 0 bridgehead atoms. The first kappa shape index (κ1) is 12.8. The Morgan fingerprint density at radius 3 is 2.94 bits per heavy atom. The van der Waals surface area contributed by atoms with Gasteiger partial charge in [-0.2, -0.15) is 0 Å². The van der Waals surface area contributed by atoms with E-state index >= 15 is 0 Å². The van der Waals surface area contributed by atoms with Crippen LogP contribution in [-0.4, -0.2) is 36.6 Å². The highest BCUT2D eigenvalue weighted by atomic mass is 16.6. The zero-order chi connectivity index (χ0) is 13.0. The van der Waals surface area contributed by atoms with E-state index in [4.69, 9.17) is 0 Å². The van der Waals surface area contributed by atoms with Gasteiger partial charge in [0.05, 0.1) is 4.92 Å². The summed E-state index contributed by atoms with van der Waals surface area (Å²) < 4.78 is 0. The number of hydrogen-bond donors (Lipinski definition) is 1. The second-order valence-electron chi connectivity index (χ2n) is 4.70. The molecule has 0 aromatic carbocycles. The Balaban J connectivity index is 2.08. The van der Waals surface area contributed by atoms with Gasteiger partial charge in [-0.15, -0.1) is 0 Å². The fraction of sp³-hybridized carbons (Fsp3) is 0.583. The van der Waals surface area contributed by atoms with Gasteiger partial charge < -0.3 is 10.2 Å². The number of nitro groups is 1. The van der Waals surface area contributed by atoms with Crippen LogP contribution < -0.4 is 10.2 Å². The predicted molar refractivity (Wildman–Crippen MR) is 69.8 cm³/mol. The van der Waals surface area contributed by atoms with Crippen molar-refractivity contribution in [3.8, 4) is 0 Å². The molecular formula is C12H18N4O2. The molecule has 6 heteroatoms. The summed E-state index contributed by atoms with van der Waals surface area (Å²) >= 11 is 0. The number of hydrogen-bond acceptors (Lipinski definition) is 5. The predicted octanol–water partition coefficient (Wildman–Crippen LogP) is 1.43. The smallest absolute Gasteiger partial charge is 0.310 e. The highest BCUT2D eigenvalue weighted by Gasteiger charge is 2.20. The number of rotatable bonds is 4. The molecule has 1 aromatic rings. The zero-order valence-corrected chi connectivity index (χ0v) is 10.5. The Bertz CT molecular complexity index is 418. The molecule has 6 nitrogen and oxygen atoms in total. The van der Waals surface area contributed by atoms with Crippen LogP contribution in [0.15, 0.2) is 18.5 Å². The Labute approximate surface area is 106 Å². The third kappa shape index (κ3) is 2.95. The van der Waals surface area contributed by atoms with Crippen molar-refractivity contribution in [3.63, 3.8) is 0 Å². The van der Waals surface area contributed by atoms with Gasteiger partial charge in [0.1, 0.15) is 11.9 Å². The molecule has 2 heterocycles. The molecule has 0 saturated carbocycles. The van der Waals surface area contributed by atoms with Crippen molar-refractivity contribution in [2.45, 2.75) is 12.8 Å². The molecule has 1 aliphatic rings. The summed E-state index contributed by atoms with van der Waals surface area (Å²) in [4.78, 5) is 16.4. The van der Waals surface area contributed by atoms with Crippen LogP contribution in [0.1, 0.15) is 12.8 Å². The van der Waals surface area contributed by atoms with Crippen molar-refractivity contribution in [3.05, 3.63) is 28.6 Å². The summed E-state index contributed by atoms with van der Waals surface area (Å²) in [6, 6.07) is 1.71. The Morgan fingerprint density at radius 1 is 1.56 bits per heavy atom. The van der Waals surface area contributed by atoms with Crippen molar-refractivity contribution in [1.82, 2.24) is 10.3 Å². The minimum absolute atomic E-state index is 0.0777. The monoisotopic (exact) mass is 250 g/mol. The van der Waals surface area contributed by atoms with E-state index in [-0.39, 0.29) is 10.6 Å². The fourth-order valence-corrected chi connectivity index (χ4v) is 2.39. The SMILES string of the molecule is CN(CC1CCNCC1)c1ccncc1[N+](=O)[O-]. The number of pyridine rings is 1. The van der Waals surface area contributed by atoms with Crippen molar-refractivity contribution < 1.29 is 4.92 Å². The second kappa shape index (κ2) is 5.77. The van der Waals surface area contributed by atoms with Crippen LogP contribution in [0.5, 0.6) is 0 Å². The second-order valence-corrected chi connectivity index (χ2v) is 4.70. The van der Waals surface area contributed by atoms with Gasteiger partial charge in [-0.05, 0) is 37.9 Å². The lowest BCUT2D eigenvalue weighted by molar-refractivity contribution is -0.384. The zero-order valence-electron chi connectivity index (χ0n) is 10.5. The van der Waals surface area contributed by atoms with E-state index in [1.54, 1.807) is 12.3 Å². The van der Waals surface area contributed by atoms with Crippen LogP contribution >= 0.6 is 0 Å². The van der Waals surface area contributed by atoms with E-state index in [0.717, 1.165) is 32.5 Å². The Kier molecular flexibility index (Phi) is 4.09. The van der Waals surface area contributed by atoms with Crippen LogP contribution in [0.3, 0.4) is 0 Å². The Morgan fingerprint density at radius 2 is 2.28 bits per heavy atom. The first-order chi connectivity index (χ1) is 8.68. The highest BCUT2D eigenvalue weighted by molar-refractivity contribution is 5.61. The van der Waals surface area contributed by atoms with Crippen molar-refractivity contribution in [2.24, 2.45) is 5.92 Å².